The first-order valence-electron chi connectivity index (χ1n) is 7.34. The maximum absolute atomic E-state index is 13.0. The molecule has 0 aliphatic heterocycles. The Morgan fingerprint density at radius 3 is 2.61 bits per heavy atom. The summed E-state index contributed by atoms with van der Waals surface area (Å²) in [5, 5.41) is 5.37. The molecule has 0 saturated heterocycles. The zero-order chi connectivity index (χ0) is 16.7. The van der Waals surface area contributed by atoms with Gasteiger partial charge in [0.1, 0.15) is 10.6 Å². The molecule has 0 saturated carbocycles. The molecule has 2 heterocycles. The van der Waals surface area contributed by atoms with Gasteiger partial charge in [0, 0.05) is 19.5 Å². The summed E-state index contributed by atoms with van der Waals surface area (Å²) in [4.78, 5) is 16.1. The van der Waals surface area contributed by atoms with E-state index in [1.807, 2.05) is 27.0 Å². The number of hydrogen-bond acceptors (Lipinski definition) is 3. The van der Waals surface area contributed by atoms with Crippen molar-refractivity contribution < 1.29 is 9.18 Å². The molecule has 23 heavy (non-hydrogen) atoms. The Morgan fingerprint density at radius 2 is 2.00 bits per heavy atom. The smallest absolute Gasteiger partial charge is 0.264 e. The normalized spacial score (nSPS) is 12.6. The molecule has 1 atom stereocenters. The number of hydrogen-bond donors (Lipinski definition) is 0. The Balaban J connectivity index is 1.88. The van der Waals surface area contributed by atoms with Crippen LogP contribution in [-0.4, -0.2) is 27.6 Å². The molecule has 0 bridgehead atoms. The number of aryl methyl sites for hydroxylation is 2. The van der Waals surface area contributed by atoms with Gasteiger partial charge in [-0.1, -0.05) is 12.1 Å². The minimum absolute atomic E-state index is 0.0394. The second kappa shape index (κ2) is 5.77. The fraction of sp³-hybridized carbons (Fsp3) is 0.294. The summed E-state index contributed by atoms with van der Waals surface area (Å²) in [7, 11) is 3.65. The third kappa shape index (κ3) is 2.74. The monoisotopic (exact) mass is 331 g/mol. The molecule has 0 aliphatic carbocycles. The predicted molar refractivity (Wildman–Crippen MR) is 90.2 cm³/mol. The highest BCUT2D eigenvalue weighted by molar-refractivity contribution is 7.20. The van der Waals surface area contributed by atoms with Gasteiger partial charge >= 0.3 is 0 Å². The van der Waals surface area contributed by atoms with E-state index in [0.717, 1.165) is 21.5 Å². The molecular weight excluding hydrogens is 313 g/mol. The van der Waals surface area contributed by atoms with Gasteiger partial charge in [0.15, 0.2) is 0 Å². The zero-order valence-electron chi connectivity index (χ0n) is 13.5. The van der Waals surface area contributed by atoms with Crippen LogP contribution >= 0.6 is 11.3 Å². The third-order valence-corrected chi connectivity index (χ3v) is 5.35. The van der Waals surface area contributed by atoms with Crippen molar-refractivity contribution in [3.63, 3.8) is 0 Å². The highest BCUT2D eigenvalue weighted by Crippen LogP contribution is 2.30. The Labute approximate surface area is 138 Å². The van der Waals surface area contributed by atoms with E-state index in [0.29, 0.717) is 4.88 Å². The van der Waals surface area contributed by atoms with Crippen molar-refractivity contribution in [3.8, 4) is 0 Å². The molecule has 2 aromatic heterocycles. The number of carbonyl (C=O) groups is 1. The van der Waals surface area contributed by atoms with E-state index in [9.17, 15) is 9.18 Å². The number of fused-ring (bicyclic) bond motifs is 1. The molecule has 3 aromatic rings. The SMILES string of the molecule is Cc1nn(C)c2sc(C(=O)N(C)C(C)c3ccc(F)cc3)cc12. The molecule has 0 aliphatic rings. The van der Waals surface area contributed by atoms with Crippen molar-refractivity contribution >= 4 is 27.5 Å². The average Bonchev–Trinajstić information content (AvgIpc) is 3.08. The van der Waals surface area contributed by atoms with Gasteiger partial charge in [0.25, 0.3) is 5.91 Å². The van der Waals surface area contributed by atoms with Gasteiger partial charge in [0.2, 0.25) is 0 Å². The van der Waals surface area contributed by atoms with Gasteiger partial charge in [-0.15, -0.1) is 11.3 Å². The molecule has 120 valence electrons. The molecule has 6 heteroatoms. The van der Waals surface area contributed by atoms with Crippen molar-refractivity contribution in [3.05, 3.63) is 52.3 Å². The summed E-state index contributed by atoms with van der Waals surface area (Å²) in [6.45, 7) is 3.87. The lowest BCUT2D eigenvalue weighted by Crippen LogP contribution is -2.29. The van der Waals surface area contributed by atoms with E-state index < -0.39 is 0 Å². The van der Waals surface area contributed by atoms with Crippen LogP contribution in [-0.2, 0) is 7.05 Å². The highest BCUT2D eigenvalue weighted by Gasteiger charge is 2.22. The number of amides is 1. The van der Waals surface area contributed by atoms with Crippen LogP contribution in [0, 0.1) is 12.7 Å². The standard InChI is InChI=1S/C17H18FN3OS/c1-10-14-9-15(23-17(14)21(4)19-10)16(22)20(3)11(2)12-5-7-13(18)8-6-12/h5-9,11H,1-4H3. The van der Waals surface area contributed by atoms with Crippen molar-refractivity contribution in [1.29, 1.82) is 0 Å². The second-order valence-electron chi connectivity index (χ2n) is 5.68. The number of carbonyl (C=O) groups excluding carboxylic acids is 1. The van der Waals surface area contributed by atoms with Gasteiger partial charge in [-0.25, -0.2) is 4.39 Å². The Bertz CT molecular complexity index is 831. The van der Waals surface area contributed by atoms with Crippen molar-refractivity contribution in [2.75, 3.05) is 7.05 Å². The number of aromatic nitrogens is 2. The highest BCUT2D eigenvalue weighted by atomic mass is 32.1. The molecule has 1 unspecified atom stereocenters. The van der Waals surface area contributed by atoms with Crippen LogP contribution in [0.1, 0.15) is 33.9 Å². The first-order chi connectivity index (χ1) is 10.9. The van der Waals surface area contributed by atoms with Gasteiger partial charge < -0.3 is 4.90 Å². The third-order valence-electron chi connectivity index (χ3n) is 4.16. The van der Waals surface area contributed by atoms with E-state index in [2.05, 4.69) is 5.10 Å². The van der Waals surface area contributed by atoms with Crippen LogP contribution in [0.2, 0.25) is 0 Å². The quantitative estimate of drug-likeness (QED) is 0.730. The zero-order valence-corrected chi connectivity index (χ0v) is 14.3. The molecule has 0 N–H and O–H groups in total. The summed E-state index contributed by atoms with van der Waals surface area (Å²) < 4.78 is 14.8. The van der Waals surface area contributed by atoms with Crippen LogP contribution in [0.25, 0.3) is 10.2 Å². The Hall–Kier alpha value is -2.21. The molecule has 0 spiro atoms. The summed E-state index contributed by atoms with van der Waals surface area (Å²) >= 11 is 1.45. The Kier molecular flexibility index (Phi) is 3.93. The second-order valence-corrected chi connectivity index (χ2v) is 6.71. The van der Waals surface area contributed by atoms with Crippen LogP contribution in [0.3, 0.4) is 0 Å². The van der Waals surface area contributed by atoms with E-state index >= 15 is 0 Å². The first-order valence-corrected chi connectivity index (χ1v) is 8.16. The summed E-state index contributed by atoms with van der Waals surface area (Å²) in [5.74, 6) is -0.315. The number of rotatable bonds is 3. The maximum atomic E-state index is 13.0. The summed E-state index contributed by atoms with van der Waals surface area (Å²) in [6.07, 6.45) is 0. The molecule has 3 rings (SSSR count). The largest absolute Gasteiger partial charge is 0.334 e. The van der Waals surface area contributed by atoms with Gasteiger partial charge in [0.05, 0.1) is 16.6 Å². The first kappa shape index (κ1) is 15.7. The van der Waals surface area contributed by atoms with E-state index in [4.69, 9.17) is 0 Å². The van der Waals surface area contributed by atoms with Gasteiger partial charge in [-0.05, 0) is 37.6 Å². The number of benzene rings is 1. The lowest BCUT2D eigenvalue weighted by Gasteiger charge is -2.24. The van der Waals surface area contributed by atoms with Gasteiger partial charge in [-0.2, -0.15) is 5.10 Å². The number of halogens is 1. The molecule has 1 amide bonds. The lowest BCUT2D eigenvalue weighted by molar-refractivity contribution is 0.0747. The van der Waals surface area contributed by atoms with Crippen LogP contribution in [0.4, 0.5) is 4.39 Å². The van der Waals surface area contributed by atoms with Crippen LogP contribution in [0.5, 0.6) is 0 Å². The average molecular weight is 331 g/mol. The molecule has 0 radical (unpaired) electrons. The van der Waals surface area contributed by atoms with Gasteiger partial charge in [-0.3, -0.25) is 9.48 Å². The minimum atomic E-state index is -0.276. The number of nitrogens with zero attached hydrogens (tertiary/aromatic N) is 3. The van der Waals surface area contributed by atoms with E-state index in [1.165, 1.54) is 23.5 Å². The van der Waals surface area contributed by atoms with Crippen LogP contribution < -0.4 is 0 Å². The molecular formula is C17H18FN3OS. The van der Waals surface area contributed by atoms with Crippen LogP contribution in [0.15, 0.2) is 30.3 Å². The van der Waals surface area contributed by atoms with Crippen molar-refractivity contribution in [2.45, 2.75) is 19.9 Å². The molecule has 4 nitrogen and oxygen atoms in total. The fourth-order valence-electron chi connectivity index (χ4n) is 2.63. The Morgan fingerprint density at radius 1 is 1.35 bits per heavy atom. The minimum Gasteiger partial charge on any atom is -0.334 e. The summed E-state index contributed by atoms with van der Waals surface area (Å²) in [6, 6.07) is 8.02. The van der Waals surface area contributed by atoms with Crippen molar-refractivity contribution in [2.24, 2.45) is 7.05 Å². The van der Waals surface area contributed by atoms with E-state index in [1.54, 1.807) is 28.8 Å². The predicted octanol–water partition coefficient (Wildman–Crippen LogP) is 3.92. The topological polar surface area (TPSA) is 38.1 Å². The van der Waals surface area contributed by atoms with Crippen molar-refractivity contribution in [1.82, 2.24) is 14.7 Å². The fourth-order valence-corrected chi connectivity index (χ4v) is 3.73. The van der Waals surface area contributed by atoms with E-state index in [-0.39, 0.29) is 17.8 Å². The summed E-state index contributed by atoms with van der Waals surface area (Å²) in [5.41, 5.74) is 1.83. The number of thiophene rings is 1. The lowest BCUT2D eigenvalue weighted by atomic mass is 10.1. The molecule has 1 aromatic carbocycles. The molecule has 0 fully saturated rings. The maximum Gasteiger partial charge on any atom is 0.264 e.